The number of halogens is 2. The quantitative estimate of drug-likeness (QED) is 0.756. The molecule has 3 rings (SSSR count). The molecule has 1 unspecified atom stereocenters. The van der Waals surface area contributed by atoms with Crippen LogP contribution in [0.5, 0.6) is 0 Å². The van der Waals surface area contributed by atoms with E-state index in [4.69, 9.17) is 16.0 Å². The fourth-order valence-electron chi connectivity index (χ4n) is 1.90. The Bertz CT molecular complexity index is 741. The molecule has 0 bridgehead atoms. The lowest BCUT2D eigenvalue weighted by Gasteiger charge is -2.08. The molecule has 3 aromatic rings. The monoisotopic (exact) mass is 337 g/mol. The second kappa shape index (κ2) is 4.96. The number of aliphatic hydroxyl groups excluding tert-OH is 1. The standard InChI is InChI=1S/C14H9BrClNO2/c15-10-2-1-5-17-13(10)14(18)12-7-8-6-9(16)3-4-11(8)19-12/h1-7,14,18H. The van der Waals surface area contributed by atoms with Crippen molar-refractivity contribution in [3.8, 4) is 0 Å². The topological polar surface area (TPSA) is 46.3 Å². The Labute approximate surface area is 123 Å². The molecule has 0 aliphatic heterocycles. The molecule has 0 aliphatic carbocycles. The van der Waals surface area contributed by atoms with Crippen molar-refractivity contribution < 1.29 is 9.52 Å². The van der Waals surface area contributed by atoms with Crippen LogP contribution in [-0.2, 0) is 0 Å². The third-order valence-electron chi connectivity index (χ3n) is 2.81. The summed E-state index contributed by atoms with van der Waals surface area (Å²) in [6.07, 6.45) is 0.713. The molecule has 0 saturated carbocycles. The highest BCUT2D eigenvalue weighted by Gasteiger charge is 2.19. The van der Waals surface area contributed by atoms with Gasteiger partial charge in [-0.05, 0) is 52.3 Å². The van der Waals surface area contributed by atoms with Gasteiger partial charge in [0, 0.05) is 21.1 Å². The van der Waals surface area contributed by atoms with Crippen molar-refractivity contribution in [2.75, 3.05) is 0 Å². The molecule has 0 amide bonds. The van der Waals surface area contributed by atoms with Gasteiger partial charge in [0.25, 0.3) is 0 Å². The van der Waals surface area contributed by atoms with Gasteiger partial charge >= 0.3 is 0 Å². The van der Waals surface area contributed by atoms with E-state index in [-0.39, 0.29) is 0 Å². The largest absolute Gasteiger partial charge is 0.458 e. The minimum atomic E-state index is -0.915. The Kier molecular flexibility index (Phi) is 3.31. The summed E-state index contributed by atoms with van der Waals surface area (Å²) in [5.74, 6) is 0.441. The molecule has 1 N–H and O–H groups in total. The number of aliphatic hydroxyl groups is 1. The van der Waals surface area contributed by atoms with Crippen molar-refractivity contribution >= 4 is 38.5 Å². The van der Waals surface area contributed by atoms with E-state index in [1.54, 1.807) is 36.5 Å². The number of rotatable bonds is 2. The van der Waals surface area contributed by atoms with E-state index >= 15 is 0 Å². The first-order valence-electron chi connectivity index (χ1n) is 5.62. The first-order valence-corrected chi connectivity index (χ1v) is 6.80. The zero-order valence-electron chi connectivity index (χ0n) is 9.68. The number of fused-ring (bicyclic) bond motifs is 1. The van der Waals surface area contributed by atoms with E-state index in [9.17, 15) is 5.11 Å². The molecular weight excluding hydrogens is 330 g/mol. The molecular formula is C14H9BrClNO2. The maximum atomic E-state index is 10.3. The van der Waals surface area contributed by atoms with Crippen molar-refractivity contribution in [1.29, 1.82) is 0 Å². The highest BCUT2D eigenvalue weighted by atomic mass is 79.9. The van der Waals surface area contributed by atoms with Gasteiger partial charge < -0.3 is 9.52 Å². The molecule has 2 heterocycles. The van der Waals surface area contributed by atoms with E-state index in [2.05, 4.69) is 20.9 Å². The van der Waals surface area contributed by atoms with Crippen LogP contribution in [0.1, 0.15) is 17.6 Å². The smallest absolute Gasteiger partial charge is 0.155 e. The van der Waals surface area contributed by atoms with Crippen LogP contribution in [0, 0.1) is 0 Å². The lowest BCUT2D eigenvalue weighted by atomic mass is 10.1. The van der Waals surface area contributed by atoms with Crippen LogP contribution in [0.25, 0.3) is 11.0 Å². The number of aromatic nitrogens is 1. The summed E-state index contributed by atoms with van der Waals surface area (Å²) < 4.78 is 6.36. The molecule has 19 heavy (non-hydrogen) atoms. The van der Waals surface area contributed by atoms with Gasteiger partial charge in [0.1, 0.15) is 11.3 Å². The first-order chi connectivity index (χ1) is 9.15. The van der Waals surface area contributed by atoms with Crippen molar-refractivity contribution in [2.45, 2.75) is 6.10 Å². The molecule has 3 nitrogen and oxygen atoms in total. The maximum absolute atomic E-state index is 10.3. The molecule has 0 radical (unpaired) electrons. The molecule has 0 saturated heterocycles. The van der Waals surface area contributed by atoms with Gasteiger partial charge in [-0.3, -0.25) is 4.98 Å². The van der Waals surface area contributed by atoms with Gasteiger partial charge in [0.2, 0.25) is 0 Å². The third-order valence-corrected chi connectivity index (χ3v) is 3.72. The predicted octanol–water partition coefficient (Wildman–Crippen LogP) is 4.33. The Morgan fingerprint density at radius 1 is 1.26 bits per heavy atom. The predicted molar refractivity (Wildman–Crippen MR) is 77.2 cm³/mol. The lowest BCUT2D eigenvalue weighted by Crippen LogP contribution is -2.01. The van der Waals surface area contributed by atoms with Gasteiger partial charge in [-0.1, -0.05) is 11.6 Å². The van der Waals surface area contributed by atoms with Gasteiger partial charge in [0.15, 0.2) is 6.10 Å². The minimum absolute atomic E-state index is 0.441. The van der Waals surface area contributed by atoms with Gasteiger partial charge in [-0.2, -0.15) is 0 Å². The van der Waals surface area contributed by atoms with Gasteiger partial charge in [-0.15, -0.1) is 0 Å². The normalized spacial score (nSPS) is 12.8. The lowest BCUT2D eigenvalue weighted by molar-refractivity contribution is 0.187. The average Bonchev–Trinajstić information content (AvgIpc) is 2.81. The van der Waals surface area contributed by atoms with Crippen LogP contribution in [0.4, 0.5) is 0 Å². The van der Waals surface area contributed by atoms with Crippen LogP contribution in [-0.4, -0.2) is 10.1 Å². The first kappa shape index (κ1) is 12.7. The van der Waals surface area contributed by atoms with Crippen LogP contribution >= 0.6 is 27.5 Å². The summed E-state index contributed by atoms with van der Waals surface area (Å²) in [5, 5.41) is 11.8. The molecule has 2 aromatic heterocycles. The Balaban J connectivity index is 2.07. The highest BCUT2D eigenvalue weighted by molar-refractivity contribution is 9.10. The summed E-state index contributed by atoms with van der Waals surface area (Å²) in [5.41, 5.74) is 1.21. The summed E-state index contributed by atoms with van der Waals surface area (Å²) in [4.78, 5) is 4.16. The van der Waals surface area contributed by atoms with E-state index in [1.807, 2.05) is 6.07 Å². The number of benzene rings is 1. The fourth-order valence-corrected chi connectivity index (χ4v) is 2.56. The second-order valence-electron chi connectivity index (χ2n) is 4.10. The van der Waals surface area contributed by atoms with E-state index in [0.717, 1.165) is 9.86 Å². The number of hydrogen-bond donors (Lipinski definition) is 1. The number of furan rings is 1. The molecule has 1 aromatic carbocycles. The minimum Gasteiger partial charge on any atom is -0.458 e. The second-order valence-corrected chi connectivity index (χ2v) is 5.39. The van der Waals surface area contributed by atoms with Gasteiger partial charge in [0.05, 0.1) is 5.69 Å². The molecule has 5 heteroatoms. The zero-order valence-corrected chi connectivity index (χ0v) is 12.0. The number of hydrogen-bond acceptors (Lipinski definition) is 3. The molecule has 0 aliphatic rings. The van der Waals surface area contributed by atoms with Gasteiger partial charge in [-0.25, -0.2) is 0 Å². The fraction of sp³-hybridized carbons (Fsp3) is 0.0714. The molecule has 0 spiro atoms. The SMILES string of the molecule is OC(c1cc2cc(Cl)ccc2o1)c1ncccc1Br. The summed E-state index contributed by atoms with van der Waals surface area (Å²) >= 11 is 9.29. The van der Waals surface area contributed by atoms with E-state index in [1.165, 1.54) is 0 Å². The van der Waals surface area contributed by atoms with Crippen LogP contribution < -0.4 is 0 Å². The van der Waals surface area contributed by atoms with Crippen molar-refractivity contribution in [2.24, 2.45) is 0 Å². The Morgan fingerprint density at radius 2 is 2.11 bits per heavy atom. The number of nitrogens with zero attached hydrogens (tertiary/aromatic N) is 1. The average molecular weight is 339 g/mol. The maximum Gasteiger partial charge on any atom is 0.155 e. The Morgan fingerprint density at radius 3 is 2.89 bits per heavy atom. The van der Waals surface area contributed by atoms with Crippen molar-refractivity contribution in [3.63, 3.8) is 0 Å². The summed E-state index contributed by atoms with van der Waals surface area (Å²) in [6, 6.07) is 10.7. The highest BCUT2D eigenvalue weighted by Crippen LogP contribution is 2.31. The third kappa shape index (κ3) is 2.39. The molecule has 96 valence electrons. The van der Waals surface area contributed by atoms with Crippen LogP contribution in [0.2, 0.25) is 5.02 Å². The molecule has 0 fully saturated rings. The molecule has 1 atom stereocenters. The van der Waals surface area contributed by atoms with Crippen molar-refractivity contribution in [3.05, 3.63) is 63.5 Å². The van der Waals surface area contributed by atoms with E-state index in [0.29, 0.717) is 22.1 Å². The van der Waals surface area contributed by atoms with Crippen LogP contribution in [0.15, 0.2) is 51.5 Å². The number of pyridine rings is 1. The summed E-state index contributed by atoms with van der Waals surface area (Å²) in [7, 11) is 0. The zero-order chi connectivity index (χ0) is 13.4. The van der Waals surface area contributed by atoms with Crippen LogP contribution in [0.3, 0.4) is 0 Å². The van der Waals surface area contributed by atoms with E-state index < -0.39 is 6.10 Å². The Hall–Kier alpha value is -1.36. The van der Waals surface area contributed by atoms with Crippen molar-refractivity contribution in [1.82, 2.24) is 4.98 Å². The summed E-state index contributed by atoms with van der Waals surface area (Å²) in [6.45, 7) is 0.